The highest BCUT2D eigenvalue weighted by Gasteiger charge is 2.35. The van der Waals surface area contributed by atoms with Gasteiger partial charge in [0.2, 0.25) is 0 Å². The summed E-state index contributed by atoms with van der Waals surface area (Å²) in [5.74, 6) is 0.132. The van der Waals surface area contributed by atoms with Crippen LogP contribution in [-0.2, 0) is 14.3 Å². The smallest absolute Gasteiger partial charge is 0.250 e. The highest BCUT2D eigenvalue weighted by Crippen LogP contribution is 2.43. The average molecular weight is 392 g/mol. The summed E-state index contributed by atoms with van der Waals surface area (Å²) in [5, 5.41) is 0. The monoisotopic (exact) mass is 391 g/mol. The Kier molecular flexibility index (Phi) is 6.12. The van der Waals surface area contributed by atoms with Crippen LogP contribution < -0.4 is 0 Å². The Bertz CT molecular complexity index is 892. The third-order valence-electron chi connectivity index (χ3n) is 6.08. The van der Waals surface area contributed by atoms with Gasteiger partial charge in [0.1, 0.15) is 0 Å². The van der Waals surface area contributed by atoms with Gasteiger partial charge in [-0.25, -0.2) is 0 Å². The van der Waals surface area contributed by atoms with Gasteiger partial charge in [-0.3, -0.25) is 4.79 Å². The molecule has 1 aromatic carbocycles. The van der Waals surface area contributed by atoms with Crippen LogP contribution in [0.25, 0.3) is 5.57 Å². The summed E-state index contributed by atoms with van der Waals surface area (Å²) < 4.78 is 10.7. The number of methoxy groups -OCH3 is 1. The summed E-state index contributed by atoms with van der Waals surface area (Å²) in [7, 11) is 1.67. The van der Waals surface area contributed by atoms with E-state index in [1.165, 1.54) is 27.9 Å². The lowest BCUT2D eigenvalue weighted by Gasteiger charge is -2.32. The van der Waals surface area contributed by atoms with Crippen LogP contribution in [0.1, 0.15) is 31.7 Å². The molecule has 4 heteroatoms. The van der Waals surface area contributed by atoms with Crippen molar-refractivity contribution in [2.75, 3.05) is 33.5 Å². The quantitative estimate of drug-likeness (QED) is 0.650. The SMILES string of the molecule is COCCOCCN1C(=O)C2=CC=C(c3ccccc3)C3=CCCC(=C3C2)C1C. The maximum Gasteiger partial charge on any atom is 0.250 e. The normalized spacial score (nSPS) is 21.3. The Hall–Kier alpha value is -2.43. The Morgan fingerprint density at radius 2 is 1.90 bits per heavy atom. The van der Waals surface area contributed by atoms with Crippen molar-refractivity contribution in [3.8, 4) is 0 Å². The molecule has 0 spiro atoms. The summed E-state index contributed by atoms with van der Waals surface area (Å²) in [4.78, 5) is 15.4. The van der Waals surface area contributed by atoms with E-state index in [9.17, 15) is 4.79 Å². The predicted octanol–water partition coefficient (Wildman–Crippen LogP) is 4.31. The average Bonchev–Trinajstić information content (AvgIpc) is 3.00. The van der Waals surface area contributed by atoms with Gasteiger partial charge in [-0.05, 0) is 47.6 Å². The highest BCUT2D eigenvalue weighted by molar-refractivity contribution is 5.98. The summed E-state index contributed by atoms with van der Waals surface area (Å²) in [6, 6.07) is 10.6. The van der Waals surface area contributed by atoms with Crippen LogP contribution in [0, 0.1) is 0 Å². The van der Waals surface area contributed by atoms with Gasteiger partial charge in [0.15, 0.2) is 0 Å². The van der Waals surface area contributed by atoms with E-state index in [0.717, 1.165) is 24.8 Å². The highest BCUT2D eigenvalue weighted by atomic mass is 16.5. The molecule has 1 unspecified atom stereocenters. The molecule has 29 heavy (non-hydrogen) atoms. The fourth-order valence-electron chi connectivity index (χ4n) is 4.55. The lowest BCUT2D eigenvalue weighted by Crippen LogP contribution is -2.41. The topological polar surface area (TPSA) is 38.8 Å². The molecule has 4 nitrogen and oxygen atoms in total. The molecule has 152 valence electrons. The second-order valence-corrected chi connectivity index (χ2v) is 7.76. The van der Waals surface area contributed by atoms with Gasteiger partial charge in [-0.2, -0.15) is 0 Å². The van der Waals surface area contributed by atoms with Crippen LogP contribution in [0.4, 0.5) is 0 Å². The number of carbonyl (C=O) groups excluding carboxylic acids is 1. The van der Waals surface area contributed by atoms with E-state index in [2.05, 4.69) is 43.3 Å². The van der Waals surface area contributed by atoms with E-state index < -0.39 is 0 Å². The van der Waals surface area contributed by atoms with E-state index in [0.29, 0.717) is 26.4 Å². The van der Waals surface area contributed by atoms with E-state index in [1.54, 1.807) is 7.11 Å². The molecule has 4 rings (SSSR count). The predicted molar refractivity (Wildman–Crippen MR) is 115 cm³/mol. The Labute approximate surface area is 173 Å². The van der Waals surface area contributed by atoms with Gasteiger partial charge in [0.05, 0.1) is 25.9 Å². The minimum Gasteiger partial charge on any atom is -0.382 e. The second-order valence-electron chi connectivity index (χ2n) is 7.76. The first-order chi connectivity index (χ1) is 14.2. The Morgan fingerprint density at radius 1 is 1.07 bits per heavy atom. The van der Waals surface area contributed by atoms with E-state index in [4.69, 9.17) is 9.47 Å². The van der Waals surface area contributed by atoms with E-state index >= 15 is 0 Å². The number of hydrogen-bond donors (Lipinski definition) is 0. The molecule has 2 aliphatic carbocycles. The van der Waals surface area contributed by atoms with Gasteiger partial charge >= 0.3 is 0 Å². The van der Waals surface area contributed by atoms with Gasteiger partial charge in [-0.1, -0.05) is 48.6 Å². The molecule has 3 aliphatic rings. The fraction of sp³-hybridized carbons (Fsp3) is 0.400. The molecule has 0 aromatic heterocycles. The van der Waals surface area contributed by atoms with E-state index in [1.807, 2.05) is 17.0 Å². The molecule has 0 radical (unpaired) electrons. The largest absolute Gasteiger partial charge is 0.382 e. The zero-order valence-corrected chi connectivity index (χ0v) is 17.3. The number of carbonyl (C=O) groups is 1. The van der Waals surface area contributed by atoms with Crippen molar-refractivity contribution >= 4 is 11.5 Å². The number of hydrogen-bond acceptors (Lipinski definition) is 3. The zero-order valence-electron chi connectivity index (χ0n) is 17.3. The first-order valence-electron chi connectivity index (χ1n) is 10.5. The van der Waals surface area contributed by atoms with Gasteiger partial charge in [0.25, 0.3) is 5.91 Å². The molecule has 1 atom stereocenters. The van der Waals surface area contributed by atoms with Crippen molar-refractivity contribution in [1.82, 2.24) is 4.90 Å². The van der Waals surface area contributed by atoms with Crippen LogP contribution in [0.15, 0.2) is 70.9 Å². The van der Waals surface area contributed by atoms with Gasteiger partial charge < -0.3 is 14.4 Å². The minimum absolute atomic E-state index is 0.0910. The number of rotatable bonds is 7. The Balaban J connectivity index is 1.67. The molecule has 0 saturated carbocycles. The fourth-order valence-corrected chi connectivity index (χ4v) is 4.55. The molecular weight excluding hydrogens is 362 g/mol. The molecular formula is C25H29NO3. The molecule has 2 bridgehead atoms. The number of allylic oxidation sites excluding steroid dienone is 6. The van der Waals surface area contributed by atoms with Crippen LogP contribution in [0.3, 0.4) is 0 Å². The summed E-state index contributed by atoms with van der Waals surface area (Å²) in [5.41, 5.74) is 7.36. The second kappa shape index (κ2) is 8.93. The first-order valence-corrected chi connectivity index (χ1v) is 10.5. The van der Waals surface area contributed by atoms with Crippen LogP contribution in [0.2, 0.25) is 0 Å². The van der Waals surface area contributed by atoms with Crippen molar-refractivity contribution in [2.45, 2.75) is 32.2 Å². The lowest BCUT2D eigenvalue weighted by atomic mass is 9.81. The van der Waals surface area contributed by atoms with Gasteiger partial charge in [0, 0.05) is 25.6 Å². The van der Waals surface area contributed by atoms with Crippen LogP contribution >= 0.6 is 0 Å². The third-order valence-corrected chi connectivity index (χ3v) is 6.08. The number of amides is 1. The third kappa shape index (κ3) is 4.00. The van der Waals surface area contributed by atoms with Crippen molar-refractivity contribution in [1.29, 1.82) is 0 Å². The van der Waals surface area contributed by atoms with E-state index in [-0.39, 0.29) is 11.9 Å². The molecule has 1 aliphatic heterocycles. The molecule has 1 heterocycles. The number of fused-ring (bicyclic) bond motifs is 1. The first kappa shape index (κ1) is 19.9. The van der Waals surface area contributed by atoms with Crippen LogP contribution in [0.5, 0.6) is 0 Å². The number of nitrogens with zero attached hydrogens (tertiary/aromatic N) is 1. The lowest BCUT2D eigenvalue weighted by molar-refractivity contribution is -0.129. The van der Waals surface area contributed by atoms with Crippen molar-refractivity contribution in [3.63, 3.8) is 0 Å². The maximum atomic E-state index is 13.4. The number of ether oxygens (including phenoxy) is 2. The minimum atomic E-state index is 0.0910. The molecule has 1 aromatic rings. The van der Waals surface area contributed by atoms with Crippen molar-refractivity contribution in [3.05, 3.63) is 76.4 Å². The van der Waals surface area contributed by atoms with Crippen molar-refractivity contribution < 1.29 is 14.3 Å². The summed E-state index contributed by atoms with van der Waals surface area (Å²) in [6.07, 6.45) is 9.28. The van der Waals surface area contributed by atoms with Crippen molar-refractivity contribution in [2.24, 2.45) is 0 Å². The zero-order chi connectivity index (χ0) is 20.2. The molecule has 0 fully saturated rings. The summed E-state index contributed by atoms with van der Waals surface area (Å²) in [6.45, 7) is 4.43. The van der Waals surface area contributed by atoms with Gasteiger partial charge in [-0.15, -0.1) is 0 Å². The molecule has 1 amide bonds. The standard InChI is InChI=1S/C25H29NO3/c1-18-21-9-6-10-23-22(19-7-4-3-5-8-19)12-11-20(17-24(21)23)25(27)26(18)13-14-29-16-15-28-2/h3-5,7-8,10-12,18H,6,9,13-17H2,1-2H3. The maximum absolute atomic E-state index is 13.4. The molecule has 0 saturated heterocycles. The van der Waals surface area contributed by atoms with Crippen LogP contribution in [-0.4, -0.2) is 50.3 Å². The Morgan fingerprint density at radius 3 is 2.69 bits per heavy atom. The molecule has 0 N–H and O–H groups in total. The summed E-state index contributed by atoms with van der Waals surface area (Å²) >= 11 is 0. The number of benzene rings is 1.